The lowest BCUT2D eigenvalue weighted by Crippen LogP contribution is -2.02. The molecule has 0 saturated heterocycles. The van der Waals surface area contributed by atoms with E-state index in [1.165, 1.54) is 5.39 Å². The zero-order valence-corrected chi connectivity index (χ0v) is 33.4. The van der Waals surface area contributed by atoms with E-state index in [1.807, 2.05) is 72.9 Å². The van der Waals surface area contributed by atoms with Crippen LogP contribution in [0.3, 0.4) is 0 Å². The van der Waals surface area contributed by atoms with Gasteiger partial charge < -0.3 is 8.98 Å². The van der Waals surface area contributed by atoms with Crippen molar-refractivity contribution in [3.05, 3.63) is 212 Å². The van der Waals surface area contributed by atoms with E-state index < -0.39 is 0 Å². The Labute approximate surface area is 357 Å². The molecule has 4 heterocycles. The molecule has 0 aliphatic rings. The normalized spacial score (nSPS) is 11.5. The van der Waals surface area contributed by atoms with Gasteiger partial charge in [-0.15, -0.1) is 0 Å². The SMILES string of the molecule is c1ccc(-c2nc(-c3ccccc3)nc(-c3cc(-c4ccccc4-c4ccccc4)cnc3-c3ccc4oc5cc6c7ccccc7n(-c7ccccc7)c6cc5c4c3)n2)cc1. The average molecular weight is 794 g/mol. The summed E-state index contributed by atoms with van der Waals surface area (Å²) in [4.78, 5) is 20.8. The Morgan fingerprint density at radius 1 is 0.339 bits per heavy atom. The molecule has 0 saturated carbocycles. The zero-order chi connectivity index (χ0) is 41.0. The van der Waals surface area contributed by atoms with Crippen LogP contribution in [0.15, 0.2) is 217 Å². The molecule has 62 heavy (non-hydrogen) atoms. The summed E-state index contributed by atoms with van der Waals surface area (Å²) in [6.45, 7) is 0. The molecule has 0 fully saturated rings. The molecule has 0 aliphatic heterocycles. The second-order valence-electron chi connectivity index (χ2n) is 15.4. The highest BCUT2D eigenvalue weighted by atomic mass is 16.3. The first-order chi connectivity index (χ1) is 30.7. The van der Waals surface area contributed by atoms with Crippen molar-refractivity contribution in [3.63, 3.8) is 0 Å². The van der Waals surface area contributed by atoms with Crippen molar-refractivity contribution in [2.24, 2.45) is 0 Å². The van der Waals surface area contributed by atoms with Crippen LogP contribution in [0.2, 0.25) is 0 Å². The molecular weight excluding hydrogens is 759 g/mol. The molecule has 8 aromatic carbocycles. The summed E-state index contributed by atoms with van der Waals surface area (Å²) in [7, 11) is 0. The standard InChI is InChI=1S/C56H35N5O/c1-5-17-36(18-6-1)42-25-13-14-26-43(42)40-32-48(56-59-54(37-19-7-2-8-20-37)58-55(60-56)38-21-9-3-10-22-38)53(57-35-40)39-29-30-51-46(31-39)47-33-50-45(34-52(47)62-51)44-27-15-16-28-49(44)61(50)41-23-11-4-12-24-41/h1-35H. The predicted molar refractivity (Wildman–Crippen MR) is 252 cm³/mol. The first-order valence-corrected chi connectivity index (χ1v) is 20.7. The van der Waals surface area contributed by atoms with Gasteiger partial charge in [0.1, 0.15) is 11.2 Å². The van der Waals surface area contributed by atoms with Gasteiger partial charge in [0.15, 0.2) is 17.5 Å². The lowest BCUT2D eigenvalue weighted by molar-refractivity contribution is 0.669. The Bertz CT molecular complexity index is 3560. The first-order valence-electron chi connectivity index (χ1n) is 20.7. The molecule has 12 rings (SSSR count). The lowest BCUT2D eigenvalue weighted by atomic mass is 9.93. The Morgan fingerprint density at radius 2 is 0.903 bits per heavy atom. The molecule has 12 aromatic rings. The van der Waals surface area contributed by atoms with Crippen LogP contribution in [0.25, 0.3) is 117 Å². The van der Waals surface area contributed by atoms with Crippen LogP contribution in [-0.4, -0.2) is 24.5 Å². The highest BCUT2D eigenvalue weighted by molar-refractivity contribution is 6.17. The molecule has 0 bridgehead atoms. The Hall–Kier alpha value is -8.48. The summed E-state index contributed by atoms with van der Waals surface area (Å²) in [5.41, 5.74) is 13.5. The maximum Gasteiger partial charge on any atom is 0.166 e. The van der Waals surface area contributed by atoms with Gasteiger partial charge in [0.25, 0.3) is 0 Å². The third kappa shape index (κ3) is 6.04. The summed E-state index contributed by atoms with van der Waals surface area (Å²) in [5.74, 6) is 1.71. The highest BCUT2D eigenvalue weighted by Crippen LogP contribution is 2.42. The van der Waals surface area contributed by atoms with Gasteiger partial charge in [-0.05, 0) is 71.3 Å². The van der Waals surface area contributed by atoms with Crippen molar-refractivity contribution in [2.75, 3.05) is 0 Å². The van der Waals surface area contributed by atoms with Gasteiger partial charge in [-0.2, -0.15) is 0 Å². The monoisotopic (exact) mass is 793 g/mol. The Kier molecular flexibility index (Phi) is 8.38. The first kappa shape index (κ1) is 35.5. The second kappa shape index (κ2) is 14.7. The van der Waals surface area contributed by atoms with Gasteiger partial charge >= 0.3 is 0 Å². The van der Waals surface area contributed by atoms with Crippen molar-refractivity contribution in [3.8, 4) is 73.4 Å². The quantitative estimate of drug-likeness (QED) is 0.161. The number of benzene rings is 8. The molecule has 6 heteroatoms. The van der Waals surface area contributed by atoms with Crippen LogP contribution in [0.1, 0.15) is 0 Å². The minimum atomic E-state index is 0.533. The fraction of sp³-hybridized carbons (Fsp3) is 0. The van der Waals surface area contributed by atoms with Crippen molar-refractivity contribution < 1.29 is 4.42 Å². The molecule has 0 aliphatic carbocycles. The third-order valence-electron chi connectivity index (χ3n) is 11.7. The van der Waals surface area contributed by atoms with Gasteiger partial charge in [0.05, 0.1) is 16.7 Å². The average Bonchev–Trinajstić information content (AvgIpc) is 3.88. The third-order valence-corrected chi connectivity index (χ3v) is 11.7. The number of pyridine rings is 1. The molecular formula is C56H35N5O. The van der Waals surface area contributed by atoms with Gasteiger partial charge in [-0.1, -0.05) is 152 Å². The second-order valence-corrected chi connectivity index (χ2v) is 15.4. The van der Waals surface area contributed by atoms with Gasteiger partial charge in [-0.3, -0.25) is 4.98 Å². The number of para-hydroxylation sites is 2. The highest BCUT2D eigenvalue weighted by Gasteiger charge is 2.21. The fourth-order valence-corrected chi connectivity index (χ4v) is 8.79. The van der Waals surface area contributed by atoms with E-state index in [0.717, 1.165) is 94.2 Å². The number of hydrogen-bond donors (Lipinski definition) is 0. The molecule has 0 N–H and O–H groups in total. The molecule has 0 amide bonds. The van der Waals surface area contributed by atoms with E-state index in [1.54, 1.807) is 0 Å². The van der Waals surface area contributed by atoms with Crippen molar-refractivity contribution in [1.29, 1.82) is 0 Å². The van der Waals surface area contributed by atoms with E-state index >= 15 is 0 Å². The van der Waals surface area contributed by atoms with Crippen molar-refractivity contribution >= 4 is 43.7 Å². The molecule has 0 spiro atoms. The van der Waals surface area contributed by atoms with Crippen LogP contribution in [0, 0.1) is 0 Å². The zero-order valence-electron chi connectivity index (χ0n) is 33.4. The van der Waals surface area contributed by atoms with Crippen molar-refractivity contribution in [2.45, 2.75) is 0 Å². The van der Waals surface area contributed by atoms with E-state index in [-0.39, 0.29) is 0 Å². The number of hydrogen-bond acceptors (Lipinski definition) is 5. The van der Waals surface area contributed by atoms with Gasteiger partial charge in [0, 0.05) is 61.2 Å². The van der Waals surface area contributed by atoms with Gasteiger partial charge in [-0.25, -0.2) is 15.0 Å². The predicted octanol–water partition coefficient (Wildman–Crippen LogP) is 14.3. The van der Waals surface area contributed by atoms with E-state index in [4.69, 9.17) is 24.4 Å². The molecule has 0 atom stereocenters. The molecule has 6 nitrogen and oxygen atoms in total. The summed E-state index contributed by atoms with van der Waals surface area (Å²) < 4.78 is 8.97. The van der Waals surface area contributed by atoms with Crippen LogP contribution in [0.5, 0.6) is 0 Å². The molecule has 4 aromatic heterocycles. The van der Waals surface area contributed by atoms with Crippen LogP contribution in [0.4, 0.5) is 0 Å². The smallest absolute Gasteiger partial charge is 0.166 e. The molecule has 0 unspecified atom stereocenters. The largest absolute Gasteiger partial charge is 0.456 e. The number of rotatable bonds is 7. The van der Waals surface area contributed by atoms with Crippen molar-refractivity contribution in [1.82, 2.24) is 24.5 Å². The minimum Gasteiger partial charge on any atom is -0.456 e. The number of fused-ring (bicyclic) bond motifs is 6. The molecule has 290 valence electrons. The summed E-state index contributed by atoms with van der Waals surface area (Å²) in [6, 6.07) is 71.2. The fourth-order valence-electron chi connectivity index (χ4n) is 8.79. The van der Waals surface area contributed by atoms with Gasteiger partial charge in [0.2, 0.25) is 0 Å². The Balaban J connectivity index is 1.10. The van der Waals surface area contributed by atoms with Crippen LogP contribution < -0.4 is 0 Å². The van der Waals surface area contributed by atoms with E-state index in [2.05, 4.69) is 144 Å². The number of furan rings is 1. The number of nitrogens with zero attached hydrogens (tertiary/aromatic N) is 5. The summed E-state index contributed by atoms with van der Waals surface area (Å²) in [5, 5.41) is 4.35. The topological polar surface area (TPSA) is 69.6 Å². The number of aromatic nitrogens is 5. The maximum atomic E-state index is 6.63. The van der Waals surface area contributed by atoms with Crippen LogP contribution in [-0.2, 0) is 0 Å². The lowest BCUT2D eigenvalue weighted by Gasteiger charge is -2.15. The van der Waals surface area contributed by atoms with Crippen LogP contribution >= 0.6 is 0 Å². The Morgan fingerprint density at radius 3 is 1.60 bits per heavy atom. The summed E-state index contributed by atoms with van der Waals surface area (Å²) >= 11 is 0. The molecule has 0 radical (unpaired) electrons. The van der Waals surface area contributed by atoms with E-state index in [9.17, 15) is 0 Å². The maximum absolute atomic E-state index is 6.63. The minimum absolute atomic E-state index is 0.533. The summed E-state index contributed by atoms with van der Waals surface area (Å²) in [6.07, 6.45) is 1.97. The van der Waals surface area contributed by atoms with E-state index in [0.29, 0.717) is 17.5 Å².